The fraction of sp³-hybridized carbons (Fsp3) is 0.750. The van der Waals surface area contributed by atoms with Gasteiger partial charge in [0.25, 0.3) is 0 Å². The maximum Gasteiger partial charge on any atom is 0.307 e. The summed E-state index contributed by atoms with van der Waals surface area (Å²) in [6, 6.07) is 0. The van der Waals surface area contributed by atoms with Crippen LogP contribution in [0.15, 0.2) is 4.52 Å². The fourth-order valence-electron chi connectivity index (χ4n) is 2.74. The first kappa shape index (κ1) is 10.7. The molecule has 0 saturated heterocycles. The third-order valence-electron chi connectivity index (χ3n) is 3.83. The minimum absolute atomic E-state index is 0.0949. The van der Waals surface area contributed by atoms with Crippen LogP contribution in [-0.4, -0.2) is 21.2 Å². The van der Waals surface area contributed by atoms with E-state index in [0.717, 1.165) is 25.1 Å². The van der Waals surface area contributed by atoms with Gasteiger partial charge in [0, 0.05) is 5.92 Å². The van der Waals surface area contributed by atoms with Crippen molar-refractivity contribution in [2.45, 2.75) is 44.4 Å². The smallest absolute Gasteiger partial charge is 0.307 e. The average molecular weight is 236 g/mol. The van der Waals surface area contributed by atoms with Crippen molar-refractivity contribution in [3.63, 3.8) is 0 Å². The molecule has 0 aliphatic heterocycles. The number of aliphatic carboxylic acids is 1. The maximum absolute atomic E-state index is 11.2. The minimum Gasteiger partial charge on any atom is -0.481 e. The largest absolute Gasteiger partial charge is 0.481 e. The zero-order valence-corrected chi connectivity index (χ0v) is 9.80. The van der Waals surface area contributed by atoms with Gasteiger partial charge < -0.3 is 9.63 Å². The number of aromatic nitrogens is 2. The van der Waals surface area contributed by atoms with E-state index in [0.29, 0.717) is 24.1 Å². The summed E-state index contributed by atoms with van der Waals surface area (Å²) in [6.45, 7) is 2.08. The number of rotatable bonds is 3. The molecule has 5 heteroatoms. The van der Waals surface area contributed by atoms with E-state index in [4.69, 9.17) is 4.52 Å². The highest BCUT2D eigenvalue weighted by Crippen LogP contribution is 2.44. The van der Waals surface area contributed by atoms with Crippen molar-refractivity contribution in [2.24, 2.45) is 11.8 Å². The van der Waals surface area contributed by atoms with E-state index in [-0.39, 0.29) is 11.8 Å². The van der Waals surface area contributed by atoms with Gasteiger partial charge in [0.2, 0.25) is 5.89 Å². The molecule has 0 radical (unpaired) electrons. The molecule has 2 aliphatic carbocycles. The molecular formula is C12H16N2O3. The highest BCUT2D eigenvalue weighted by molar-refractivity contribution is 5.71. The van der Waals surface area contributed by atoms with E-state index < -0.39 is 5.97 Å². The van der Waals surface area contributed by atoms with Crippen molar-refractivity contribution in [1.29, 1.82) is 0 Å². The normalized spacial score (nSPS) is 32.9. The van der Waals surface area contributed by atoms with Crippen molar-refractivity contribution < 1.29 is 14.4 Å². The lowest BCUT2D eigenvalue weighted by Gasteiger charge is -2.09. The summed E-state index contributed by atoms with van der Waals surface area (Å²) < 4.78 is 5.25. The summed E-state index contributed by atoms with van der Waals surface area (Å²) >= 11 is 0. The molecule has 0 aromatic carbocycles. The van der Waals surface area contributed by atoms with Gasteiger partial charge in [0.15, 0.2) is 5.82 Å². The number of carbonyl (C=O) groups is 1. The van der Waals surface area contributed by atoms with Crippen LogP contribution in [0.5, 0.6) is 0 Å². The van der Waals surface area contributed by atoms with Gasteiger partial charge in [-0.15, -0.1) is 0 Å². The first-order valence-electron chi connectivity index (χ1n) is 6.21. The van der Waals surface area contributed by atoms with E-state index in [1.807, 2.05) is 0 Å². The number of hydrogen-bond acceptors (Lipinski definition) is 4. The molecule has 1 heterocycles. The van der Waals surface area contributed by atoms with Crippen LogP contribution < -0.4 is 0 Å². The number of carboxylic acid groups (broad SMARTS) is 1. The van der Waals surface area contributed by atoms with Crippen LogP contribution in [0.1, 0.15) is 56.2 Å². The van der Waals surface area contributed by atoms with E-state index >= 15 is 0 Å². The minimum atomic E-state index is -0.745. The van der Waals surface area contributed by atoms with Gasteiger partial charge in [-0.1, -0.05) is 12.1 Å². The lowest BCUT2D eigenvalue weighted by atomic mass is 9.96. The number of hydrogen-bond donors (Lipinski definition) is 1. The highest BCUT2D eigenvalue weighted by Gasteiger charge is 2.41. The Morgan fingerprint density at radius 3 is 2.82 bits per heavy atom. The van der Waals surface area contributed by atoms with Crippen LogP contribution in [-0.2, 0) is 4.79 Å². The highest BCUT2D eigenvalue weighted by atomic mass is 16.5. The molecule has 1 aromatic heterocycles. The summed E-state index contributed by atoms with van der Waals surface area (Å²) in [6.07, 6.45) is 3.80. The van der Waals surface area contributed by atoms with E-state index in [1.165, 1.54) is 0 Å². The van der Waals surface area contributed by atoms with Crippen LogP contribution in [0.2, 0.25) is 0 Å². The van der Waals surface area contributed by atoms with Gasteiger partial charge in [-0.2, -0.15) is 4.98 Å². The van der Waals surface area contributed by atoms with E-state index in [9.17, 15) is 9.90 Å². The standard InChI is InChI=1S/C12H16N2O3/c1-6-4-8(9(5-6)12(15)16)11-13-10(14-17-11)7-2-3-7/h6-9H,2-5H2,1H3,(H,15,16). The Labute approximate surface area is 99.2 Å². The van der Waals surface area contributed by atoms with E-state index in [1.54, 1.807) is 0 Å². The second-order valence-corrected chi connectivity index (χ2v) is 5.39. The first-order chi connectivity index (χ1) is 8.15. The Hall–Kier alpha value is -1.39. The molecule has 2 aliphatic rings. The second-order valence-electron chi connectivity index (χ2n) is 5.39. The molecule has 1 aromatic rings. The Balaban J connectivity index is 1.83. The van der Waals surface area contributed by atoms with Crippen molar-refractivity contribution >= 4 is 5.97 Å². The van der Waals surface area contributed by atoms with Crippen LogP contribution in [0.25, 0.3) is 0 Å². The summed E-state index contributed by atoms with van der Waals surface area (Å²) in [4.78, 5) is 15.6. The van der Waals surface area contributed by atoms with Gasteiger partial charge >= 0.3 is 5.97 Å². The van der Waals surface area contributed by atoms with Gasteiger partial charge in [0.1, 0.15) is 0 Å². The van der Waals surface area contributed by atoms with Crippen molar-refractivity contribution in [3.8, 4) is 0 Å². The quantitative estimate of drug-likeness (QED) is 0.870. The molecule has 0 spiro atoms. The molecule has 5 nitrogen and oxygen atoms in total. The van der Waals surface area contributed by atoms with Crippen LogP contribution >= 0.6 is 0 Å². The zero-order valence-electron chi connectivity index (χ0n) is 9.80. The van der Waals surface area contributed by atoms with Gasteiger partial charge in [-0.25, -0.2) is 0 Å². The van der Waals surface area contributed by atoms with Gasteiger partial charge in [0.05, 0.1) is 11.8 Å². The third kappa shape index (κ3) is 1.94. The lowest BCUT2D eigenvalue weighted by molar-refractivity contribution is -0.142. The Morgan fingerprint density at radius 2 is 2.18 bits per heavy atom. The van der Waals surface area contributed by atoms with Crippen LogP contribution in [0.4, 0.5) is 0 Å². The average Bonchev–Trinajstić information content (AvgIpc) is 2.88. The molecule has 2 fully saturated rings. The molecule has 0 bridgehead atoms. The molecule has 3 rings (SSSR count). The van der Waals surface area contributed by atoms with Gasteiger partial charge in [-0.05, 0) is 31.6 Å². The topological polar surface area (TPSA) is 76.2 Å². The van der Waals surface area contributed by atoms with Crippen molar-refractivity contribution in [1.82, 2.24) is 10.1 Å². The van der Waals surface area contributed by atoms with Gasteiger partial charge in [-0.3, -0.25) is 4.79 Å². The fourth-order valence-corrected chi connectivity index (χ4v) is 2.74. The zero-order chi connectivity index (χ0) is 12.0. The summed E-state index contributed by atoms with van der Waals surface area (Å²) in [5, 5.41) is 13.2. The molecule has 3 unspecified atom stereocenters. The van der Waals surface area contributed by atoms with Crippen LogP contribution in [0.3, 0.4) is 0 Å². The van der Waals surface area contributed by atoms with E-state index in [2.05, 4.69) is 17.1 Å². The molecule has 2 saturated carbocycles. The predicted octanol–water partition coefficient (Wildman–Crippen LogP) is 2.16. The monoisotopic (exact) mass is 236 g/mol. The first-order valence-corrected chi connectivity index (χ1v) is 6.21. The maximum atomic E-state index is 11.2. The summed E-state index contributed by atoms with van der Waals surface area (Å²) in [7, 11) is 0. The summed E-state index contributed by atoms with van der Waals surface area (Å²) in [5.74, 6) is 0.963. The Kier molecular flexibility index (Phi) is 2.42. The molecule has 92 valence electrons. The molecular weight excluding hydrogens is 220 g/mol. The SMILES string of the molecule is CC1CC(C(=O)O)C(c2nc(C3CC3)no2)C1. The Bertz CT molecular complexity index is 439. The van der Waals surface area contributed by atoms with Crippen molar-refractivity contribution in [2.75, 3.05) is 0 Å². The third-order valence-corrected chi connectivity index (χ3v) is 3.83. The Morgan fingerprint density at radius 1 is 1.41 bits per heavy atom. The van der Waals surface area contributed by atoms with Crippen molar-refractivity contribution in [3.05, 3.63) is 11.7 Å². The lowest BCUT2D eigenvalue weighted by Crippen LogP contribution is -2.17. The van der Waals surface area contributed by atoms with Crippen LogP contribution in [0, 0.1) is 11.8 Å². The molecule has 1 N–H and O–H groups in total. The molecule has 3 atom stereocenters. The molecule has 0 amide bonds. The number of carboxylic acids is 1. The number of nitrogens with zero attached hydrogens (tertiary/aromatic N) is 2. The summed E-state index contributed by atoms with van der Waals surface area (Å²) in [5.41, 5.74) is 0. The second kappa shape index (κ2) is 3.82. The predicted molar refractivity (Wildman–Crippen MR) is 58.5 cm³/mol. The molecule has 17 heavy (non-hydrogen) atoms.